The zero-order valence-corrected chi connectivity index (χ0v) is 16.7. The van der Waals surface area contributed by atoms with Crippen LogP contribution in [0.4, 0.5) is 10.5 Å². The second-order valence-corrected chi connectivity index (χ2v) is 6.73. The first-order chi connectivity index (χ1) is 13.1. The minimum atomic E-state index is -1.27. The number of carbonyl (C=O) groups is 4. The number of hydrogen-bond donors (Lipinski definition) is 2. The van der Waals surface area contributed by atoms with Crippen LogP contribution >= 0.6 is 0 Å². The Balaban J connectivity index is 2.99. The van der Waals surface area contributed by atoms with E-state index in [4.69, 9.17) is 9.47 Å². The fourth-order valence-electron chi connectivity index (χ4n) is 2.11. The summed E-state index contributed by atoms with van der Waals surface area (Å²) in [6.45, 7) is 6.83. The summed E-state index contributed by atoms with van der Waals surface area (Å²) < 4.78 is 14.7. The first kappa shape index (κ1) is 22.9. The van der Waals surface area contributed by atoms with Gasteiger partial charge < -0.3 is 24.8 Å². The molecular formula is C19H26N2O7. The summed E-state index contributed by atoms with van der Waals surface area (Å²) in [6.07, 6.45) is -1.28. The number of methoxy groups -OCH3 is 1. The number of anilines is 1. The van der Waals surface area contributed by atoms with Crippen LogP contribution in [0.25, 0.3) is 0 Å². The van der Waals surface area contributed by atoms with Crippen molar-refractivity contribution in [2.45, 2.75) is 45.8 Å². The van der Waals surface area contributed by atoms with Gasteiger partial charge in [0.15, 0.2) is 0 Å². The molecule has 0 radical (unpaired) electrons. The zero-order valence-electron chi connectivity index (χ0n) is 16.7. The molecule has 0 aliphatic heterocycles. The van der Waals surface area contributed by atoms with Gasteiger partial charge >= 0.3 is 18.0 Å². The van der Waals surface area contributed by atoms with Crippen LogP contribution in [-0.2, 0) is 23.8 Å². The Morgan fingerprint density at radius 3 is 2.32 bits per heavy atom. The lowest BCUT2D eigenvalue weighted by atomic mass is 10.1. The van der Waals surface area contributed by atoms with Gasteiger partial charge in [-0.25, -0.2) is 9.59 Å². The van der Waals surface area contributed by atoms with Gasteiger partial charge in [0.05, 0.1) is 31.4 Å². The topological polar surface area (TPSA) is 120 Å². The first-order valence-corrected chi connectivity index (χ1v) is 8.70. The number of rotatable bonds is 7. The molecule has 0 bridgehead atoms. The molecule has 1 rings (SSSR count). The van der Waals surface area contributed by atoms with Gasteiger partial charge in [0, 0.05) is 0 Å². The number of nitrogens with one attached hydrogen (secondary N) is 2. The number of hydrogen-bond acceptors (Lipinski definition) is 7. The Hall–Kier alpha value is -3.10. The van der Waals surface area contributed by atoms with Gasteiger partial charge in [-0.05, 0) is 39.8 Å². The van der Waals surface area contributed by atoms with Crippen molar-refractivity contribution in [3.05, 3.63) is 29.8 Å². The molecule has 9 nitrogen and oxygen atoms in total. The fourth-order valence-corrected chi connectivity index (χ4v) is 2.11. The maximum Gasteiger partial charge on any atom is 0.408 e. The fraction of sp³-hybridized carbons (Fsp3) is 0.474. The monoisotopic (exact) mass is 394 g/mol. The molecule has 2 amide bonds. The Labute approximate surface area is 163 Å². The Bertz CT molecular complexity index is 725. The number of carbonyl (C=O) groups excluding carboxylic acids is 4. The molecule has 0 fully saturated rings. The summed E-state index contributed by atoms with van der Waals surface area (Å²) in [6, 6.07) is 4.97. The van der Waals surface area contributed by atoms with Crippen LogP contribution in [0.3, 0.4) is 0 Å². The van der Waals surface area contributed by atoms with Crippen molar-refractivity contribution in [1.82, 2.24) is 5.32 Å². The zero-order chi connectivity index (χ0) is 21.3. The number of benzene rings is 1. The summed E-state index contributed by atoms with van der Waals surface area (Å²) >= 11 is 0. The summed E-state index contributed by atoms with van der Waals surface area (Å²) in [5, 5.41) is 4.87. The van der Waals surface area contributed by atoms with Crippen molar-refractivity contribution >= 4 is 29.6 Å². The molecule has 2 N–H and O–H groups in total. The first-order valence-electron chi connectivity index (χ1n) is 8.70. The molecule has 0 aromatic heterocycles. The third kappa shape index (κ3) is 7.65. The van der Waals surface area contributed by atoms with E-state index in [1.54, 1.807) is 39.8 Å². The molecule has 1 aromatic rings. The number of para-hydroxylation sites is 1. The van der Waals surface area contributed by atoms with Crippen LogP contribution < -0.4 is 10.6 Å². The SMILES string of the molecule is CCOC(=O)c1ccccc1NC(=O)C(CC(=O)OC)NC(=O)OC(C)(C)C. The second-order valence-electron chi connectivity index (χ2n) is 6.73. The Kier molecular flexibility index (Phi) is 8.43. The average Bonchev–Trinajstić information content (AvgIpc) is 2.60. The van der Waals surface area contributed by atoms with Gasteiger partial charge in [-0.3, -0.25) is 9.59 Å². The summed E-state index contributed by atoms with van der Waals surface area (Å²) in [5.74, 6) is -2.02. The van der Waals surface area contributed by atoms with E-state index in [1.807, 2.05) is 0 Å². The van der Waals surface area contributed by atoms with Crippen LogP contribution in [0, 0.1) is 0 Å². The van der Waals surface area contributed by atoms with E-state index < -0.39 is 42.0 Å². The molecule has 0 aliphatic carbocycles. The van der Waals surface area contributed by atoms with Gasteiger partial charge in [0.25, 0.3) is 0 Å². The van der Waals surface area contributed by atoms with Crippen LogP contribution in [0.1, 0.15) is 44.5 Å². The normalized spacial score (nSPS) is 11.8. The van der Waals surface area contributed by atoms with Gasteiger partial charge in [-0.1, -0.05) is 12.1 Å². The summed E-state index contributed by atoms with van der Waals surface area (Å²) in [7, 11) is 1.17. The van der Waals surface area contributed by atoms with E-state index in [1.165, 1.54) is 19.2 Å². The lowest BCUT2D eigenvalue weighted by Gasteiger charge is -2.23. The lowest BCUT2D eigenvalue weighted by molar-refractivity contribution is -0.142. The molecular weight excluding hydrogens is 368 g/mol. The predicted molar refractivity (Wildman–Crippen MR) is 101 cm³/mol. The Morgan fingerprint density at radius 2 is 1.75 bits per heavy atom. The molecule has 28 heavy (non-hydrogen) atoms. The number of esters is 2. The molecule has 0 aliphatic rings. The number of alkyl carbamates (subject to hydrolysis) is 1. The minimum absolute atomic E-state index is 0.145. The van der Waals surface area contributed by atoms with E-state index in [0.717, 1.165) is 0 Å². The highest BCUT2D eigenvalue weighted by atomic mass is 16.6. The van der Waals surface area contributed by atoms with Crippen LogP contribution in [0.5, 0.6) is 0 Å². The van der Waals surface area contributed by atoms with Crippen molar-refractivity contribution in [1.29, 1.82) is 0 Å². The highest BCUT2D eigenvalue weighted by Gasteiger charge is 2.28. The maximum atomic E-state index is 12.7. The molecule has 1 atom stereocenters. The van der Waals surface area contributed by atoms with Crippen molar-refractivity contribution < 1.29 is 33.4 Å². The maximum absolute atomic E-state index is 12.7. The largest absolute Gasteiger partial charge is 0.469 e. The van der Waals surface area contributed by atoms with E-state index >= 15 is 0 Å². The van der Waals surface area contributed by atoms with Crippen LogP contribution in [0.2, 0.25) is 0 Å². The van der Waals surface area contributed by atoms with Crippen molar-refractivity contribution in [2.24, 2.45) is 0 Å². The smallest absolute Gasteiger partial charge is 0.408 e. The molecule has 1 unspecified atom stereocenters. The van der Waals surface area contributed by atoms with Crippen molar-refractivity contribution in [2.75, 3.05) is 19.0 Å². The third-order valence-corrected chi connectivity index (χ3v) is 3.29. The van der Waals surface area contributed by atoms with Gasteiger partial charge in [-0.2, -0.15) is 0 Å². The molecule has 0 saturated heterocycles. The molecule has 0 saturated carbocycles. The standard InChI is InChI=1S/C19H26N2O7/c1-6-27-17(24)12-9-7-8-10-13(12)20-16(23)14(11-15(22)26-5)21-18(25)28-19(2,3)4/h7-10,14H,6,11H2,1-5H3,(H,20,23)(H,21,25). The van der Waals surface area contributed by atoms with Crippen molar-refractivity contribution in [3.63, 3.8) is 0 Å². The molecule has 9 heteroatoms. The Morgan fingerprint density at radius 1 is 1.11 bits per heavy atom. The van der Waals surface area contributed by atoms with Gasteiger partial charge in [0.1, 0.15) is 11.6 Å². The minimum Gasteiger partial charge on any atom is -0.469 e. The summed E-state index contributed by atoms with van der Waals surface area (Å²) in [5.41, 5.74) is -0.453. The average molecular weight is 394 g/mol. The number of ether oxygens (including phenoxy) is 3. The van der Waals surface area contributed by atoms with E-state index in [0.29, 0.717) is 0 Å². The molecule has 1 aromatic carbocycles. The third-order valence-electron chi connectivity index (χ3n) is 3.29. The molecule has 0 heterocycles. The molecule has 154 valence electrons. The van der Waals surface area contributed by atoms with E-state index in [2.05, 4.69) is 15.4 Å². The summed E-state index contributed by atoms with van der Waals surface area (Å²) in [4.78, 5) is 48.3. The van der Waals surface area contributed by atoms with Gasteiger partial charge in [0.2, 0.25) is 5.91 Å². The van der Waals surface area contributed by atoms with E-state index in [9.17, 15) is 19.2 Å². The predicted octanol–water partition coefficient (Wildman–Crippen LogP) is 2.26. The quantitative estimate of drug-likeness (QED) is 0.537. The molecule has 0 spiro atoms. The lowest BCUT2D eigenvalue weighted by Crippen LogP contribution is -2.47. The van der Waals surface area contributed by atoms with Crippen LogP contribution in [0.15, 0.2) is 24.3 Å². The second kappa shape index (κ2) is 10.3. The highest BCUT2D eigenvalue weighted by Crippen LogP contribution is 2.17. The van der Waals surface area contributed by atoms with Gasteiger partial charge in [-0.15, -0.1) is 0 Å². The highest BCUT2D eigenvalue weighted by molar-refractivity contribution is 6.04. The van der Waals surface area contributed by atoms with Crippen LogP contribution in [-0.4, -0.2) is 49.3 Å². The van der Waals surface area contributed by atoms with Crippen molar-refractivity contribution in [3.8, 4) is 0 Å². The van der Waals surface area contributed by atoms with E-state index in [-0.39, 0.29) is 17.9 Å². The number of amides is 2.